The Labute approximate surface area is 114 Å². The number of rotatable bonds is 6. The Kier molecular flexibility index (Phi) is 5.83. The number of carbonyl (C=O) groups excluding carboxylic acids is 1. The quantitative estimate of drug-likeness (QED) is 0.802. The standard InChI is InChI=1S/C15H23NO3/c1-10(2)14(12(4)18-15(17)11(3)16)19-13-8-6-5-7-9-13/h5-12,14H,16H2,1-4H3/t11-,12-,14-/m1/s1. The normalized spacial score (nSPS) is 15.7. The minimum absolute atomic E-state index is 0.204. The third kappa shape index (κ3) is 4.91. The number of benzene rings is 1. The van der Waals surface area contributed by atoms with Crippen molar-refractivity contribution < 1.29 is 14.3 Å². The molecule has 4 nitrogen and oxygen atoms in total. The van der Waals surface area contributed by atoms with Crippen molar-refractivity contribution in [1.82, 2.24) is 0 Å². The molecule has 19 heavy (non-hydrogen) atoms. The second-order valence-electron chi connectivity index (χ2n) is 5.07. The van der Waals surface area contributed by atoms with Gasteiger partial charge in [-0.05, 0) is 31.9 Å². The monoisotopic (exact) mass is 265 g/mol. The van der Waals surface area contributed by atoms with Gasteiger partial charge in [0.1, 0.15) is 24.0 Å². The molecule has 4 heteroatoms. The molecule has 1 aromatic carbocycles. The van der Waals surface area contributed by atoms with Crippen molar-refractivity contribution in [3.05, 3.63) is 30.3 Å². The van der Waals surface area contributed by atoms with Gasteiger partial charge in [0.15, 0.2) is 0 Å². The molecule has 0 fully saturated rings. The summed E-state index contributed by atoms with van der Waals surface area (Å²) in [6, 6.07) is 8.89. The molecule has 0 aliphatic carbocycles. The molecule has 0 saturated carbocycles. The number of hydrogen-bond donors (Lipinski definition) is 1. The number of carbonyl (C=O) groups is 1. The van der Waals surface area contributed by atoms with Crippen LogP contribution >= 0.6 is 0 Å². The second-order valence-corrected chi connectivity index (χ2v) is 5.07. The molecule has 1 rings (SSSR count). The largest absolute Gasteiger partial charge is 0.486 e. The van der Waals surface area contributed by atoms with Gasteiger partial charge in [0.2, 0.25) is 0 Å². The van der Waals surface area contributed by atoms with Gasteiger partial charge in [-0.15, -0.1) is 0 Å². The van der Waals surface area contributed by atoms with Crippen molar-refractivity contribution in [3.63, 3.8) is 0 Å². The highest BCUT2D eigenvalue weighted by atomic mass is 16.6. The van der Waals surface area contributed by atoms with Crippen molar-refractivity contribution >= 4 is 5.97 Å². The molecule has 0 aromatic heterocycles. The zero-order chi connectivity index (χ0) is 14.4. The van der Waals surface area contributed by atoms with Crippen molar-refractivity contribution in [3.8, 4) is 5.75 Å². The molecule has 0 spiro atoms. The van der Waals surface area contributed by atoms with Gasteiger partial charge in [-0.25, -0.2) is 0 Å². The number of para-hydroxylation sites is 1. The Morgan fingerprint density at radius 3 is 2.16 bits per heavy atom. The molecule has 1 aromatic rings. The van der Waals surface area contributed by atoms with E-state index in [0.717, 1.165) is 5.75 Å². The van der Waals surface area contributed by atoms with Crippen LogP contribution in [0.4, 0.5) is 0 Å². The van der Waals surface area contributed by atoms with Crippen LogP contribution in [-0.2, 0) is 9.53 Å². The molecule has 0 saturated heterocycles. The molecule has 0 amide bonds. The number of hydrogen-bond acceptors (Lipinski definition) is 4. The van der Waals surface area contributed by atoms with E-state index in [0.29, 0.717) is 0 Å². The van der Waals surface area contributed by atoms with Crippen LogP contribution < -0.4 is 10.5 Å². The van der Waals surface area contributed by atoms with E-state index in [4.69, 9.17) is 15.2 Å². The zero-order valence-corrected chi connectivity index (χ0v) is 12.0. The van der Waals surface area contributed by atoms with Gasteiger partial charge in [-0.2, -0.15) is 0 Å². The summed E-state index contributed by atoms with van der Waals surface area (Å²) in [5.74, 6) is 0.579. The van der Waals surface area contributed by atoms with Gasteiger partial charge < -0.3 is 15.2 Å². The Morgan fingerprint density at radius 2 is 1.68 bits per heavy atom. The van der Waals surface area contributed by atoms with E-state index < -0.39 is 12.0 Å². The van der Waals surface area contributed by atoms with E-state index in [1.165, 1.54) is 0 Å². The minimum Gasteiger partial charge on any atom is -0.486 e. The third-order valence-electron chi connectivity index (χ3n) is 2.81. The second kappa shape index (κ2) is 7.14. The van der Waals surface area contributed by atoms with Crippen LogP contribution in [0.3, 0.4) is 0 Å². The van der Waals surface area contributed by atoms with E-state index in [2.05, 4.69) is 0 Å². The van der Waals surface area contributed by atoms with Crippen LogP contribution in [0, 0.1) is 5.92 Å². The van der Waals surface area contributed by atoms with Crippen molar-refractivity contribution in [2.24, 2.45) is 11.7 Å². The maximum absolute atomic E-state index is 11.5. The average Bonchev–Trinajstić information content (AvgIpc) is 2.36. The van der Waals surface area contributed by atoms with Gasteiger partial charge in [-0.3, -0.25) is 4.79 Å². The highest BCUT2D eigenvalue weighted by Gasteiger charge is 2.27. The van der Waals surface area contributed by atoms with Crippen LogP contribution in [-0.4, -0.2) is 24.2 Å². The minimum atomic E-state index is -0.619. The van der Waals surface area contributed by atoms with E-state index in [1.807, 2.05) is 51.1 Å². The van der Waals surface area contributed by atoms with Gasteiger partial charge in [-0.1, -0.05) is 32.0 Å². The van der Waals surface area contributed by atoms with Crippen LogP contribution in [0.25, 0.3) is 0 Å². The number of ether oxygens (including phenoxy) is 2. The van der Waals surface area contributed by atoms with Gasteiger partial charge in [0, 0.05) is 0 Å². The molecular weight excluding hydrogens is 242 g/mol. The van der Waals surface area contributed by atoms with E-state index >= 15 is 0 Å². The summed E-state index contributed by atoms with van der Waals surface area (Å²) in [5.41, 5.74) is 5.50. The summed E-state index contributed by atoms with van der Waals surface area (Å²) in [7, 11) is 0. The first-order chi connectivity index (χ1) is 8.91. The summed E-state index contributed by atoms with van der Waals surface area (Å²) < 4.78 is 11.2. The van der Waals surface area contributed by atoms with Crippen LogP contribution in [0.2, 0.25) is 0 Å². The molecule has 106 valence electrons. The van der Waals surface area contributed by atoms with Crippen LogP contribution in [0.15, 0.2) is 30.3 Å². The molecule has 0 aliphatic rings. The lowest BCUT2D eigenvalue weighted by atomic mass is 10.0. The summed E-state index contributed by atoms with van der Waals surface area (Å²) in [5, 5.41) is 0. The van der Waals surface area contributed by atoms with E-state index in [9.17, 15) is 4.79 Å². The fraction of sp³-hybridized carbons (Fsp3) is 0.533. The molecule has 0 aliphatic heterocycles. The van der Waals surface area contributed by atoms with Crippen LogP contribution in [0.5, 0.6) is 5.75 Å². The Morgan fingerprint density at radius 1 is 1.11 bits per heavy atom. The topological polar surface area (TPSA) is 61.5 Å². The summed E-state index contributed by atoms with van der Waals surface area (Å²) in [6.07, 6.45) is -0.552. The molecule has 0 bridgehead atoms. The molecule has 0 heterocycles. The lowest BCUT2D eigenvalue weighted by molar-refractivity contribution is -0.155. The zero-order valence-electron chi connectivity index (χ0n) is 12.0. The number of esters is 1. The Hall–Kier alpha value is -1.55. The van der Waals surface area contributed by atoms with Crippen molar-refractivity contribution in [1.29, 1.82) is 0 Å². The van der Waals surface area contributed by atoms with Crippen LogP contribution in [0.1, 0.15) is 27.7 Å². The first-order valence-electron chi connectivity index (χ1n) is 6.59. The van der Waals surface area contributed by atoms with E-state index in [1.54, 1.807) is 6.92 Å². The maximum atomic E-state index is 11.5. The lowest BCUT2D eigenvalue weighted by Crippen LogP contribution is -2.41. The molecule has 3 atom stereocenters. The predicted octanol–water partition coefficient (Wildman–Crippen LogP) is 2.37. The van der Waals surface area contributed by atoms with Gasteiger partial charge in [0.05, 0.1) is 0 Å². The van der Waals surface area contributed by atoms with Crippen molar-refractivity contribution in [2.75, 3.05) is 0 Å². The fourth-order valence-corrected chi connectivity index (χ4v) is 1.79. The smallest absolute Gasteiger partial charge is 0.323 e. The molecule has 0 radical (unpaired) electrons. The summed E-state index contributed by atoms with van der Waals surface area (Å²) in [4.78, 5) is 11.5. The predicted molar refractivity (Wildman–Crippen MR) is 74.9 cm³/mol. The lowest BCUT2D eigenvalue weighted by Gasteiger charge is -2.28. The van der Waals surface area contributed by atoms with Crippen molar-refractivity contribution in [2.45, 2.75) is 45.9 Å². The molecule has 0 unspecified atom stereocenters. The van der Waals surface area contributed by atoms with E-state index in [-0.39, 0.29) is 18.1 Å². The van der Waals surface area contributed by atoms with Gasteiger partial charge >= 0.3 is 5.97 Å². The highest BCUT2D eigenvalue weighted by Crippen LogP contribution is 2.19. The molecule has 2 N–H and O–H groups in total. The van der Waals surface area contributed by atoms with Gasteiger partial charge in [0.25, 0.3) is 0 Å². The first kappa shape index (κ1) is 15.5. The SMILES string of the molecule is CC(C)[C@@H](Oc1ccccc1)[C@@H](C)OC(=O)[C@@H](C)N. The Bertz CT molecular complexity index is 390. The number of nitrogens with two attached hydrogens (primary N) is 1. The third-order valence-corrected chi connectivity index (χ3v) is 2.81. The highest BCUT2D eigenvalue weighted by molar-refractivity contribution is 5.75. The Balaban J connectivity index is 2.69. The maximum Gasteiger partial charge on any atom is 0.323 e. The average molecular weight is 265 g/mol. The first-order valence-corrected chi connectivity index (χ1v) is 6.59. The molecular formula is C15H23NO3. The summed E-state index contributed by atoms with van der Waals surface area (Å²) in [6.45, 7) is 7.50. The fourth-order valence-electron chi connectivity index (χ4n) is 1.79. The summed E-state index contributed by atoms with van der Waals surface area (Å²) >= 11 is 0.